The van der Waals surface area contributed by atoms with E-state index in [4.69, 9.17) is 27.9 Å². The Morgan fingerprint density at radius 1 is 1.20 bits per heavy atom. The van der Waals surface area contributed by atoms with Crippen molar-refractivity contribution in [2.75, 3.05) is 11.9 Å². The van der Waals surface area contributed by atoms with E-state index in [0.29, 0.717) is 6.54 Å². The summed E-state index contributed by atoms with van der Waals surface area (Å²) in [7, 11) is 0. The average molecular weight is 318 g/mol. The zero-order valence-corrected chi connectivity index (χ0v) is 12.7. The fraction of sp³-hybridized carbons (Fsp3) is 0.600. The predicted octanol–water partition coefficient (Wildman–Crippen LogP) is 5.04. The van der Waals surface area contributed by atoms with E-state index < -0.39 is 5.82 Å². The van der Waals surface area contributed by atoms with Crippen molar-refractivity contribution in [1.29, 1.82) is 0 Å². The molecule has 110 valence electrons. The first-order chi connectivity index (χ1) is 9.58. The summed E-state index contributed by atoms with van der Waals surface area (Å²) in [6.45, 7) is 0.708. The van der Waals surface area contributed by atoms with Crippen molar-refractivity contribution < 1.29 is 9.13 Å². The summed E-state index contributed by atoms with van der Waals surface area (Å²) in [6, 6.07) is 3.12. The van der Waals surface area contributed by atoms with Gasteiger partial charge < -0.3 is 10.1 Å². The molecule has 2 fully saturated rings. The van der Waals surface area contributed by atoms with E-state index in [1.165, 1.54) is 25.7 Å². The number of nitrogens with one attached hydrogen (secondary N) is 1. The van der Waals surface area contributed by atoms with Gasteiger partial charge in [-0.05, 0) is 37.8 Å². The van der Waals surface area contributed by atoms with Crippen LogP contribution in [0, 0.1) is 5.82 Å². The van der Waals surface area contributed by atoms with Crippen molar-refractivity contribution in [3.05, 3.63) is 28.0 Å². The molecule has 1 heterocycles. The third kappa shape index (κ3) is 2.90. The van der Waals surface area contributed by atoms with Gasteiger partial charge in [-0.25, -0.2) is 4.39 Å². The Kier molecular flexibility index (Phi) is 4.11. The highest BCUT2D eigenvalue weighted by atomic mass is 35.5. The number of hydrogen-bond acceptors (Lipinski definition) is 2. The van der Waals surface area contributed by atoms with Crippen LogP contribution in [-0.2, 0) is 4.74 Å². The molecule has 20 heavy (non-hydrogen) atoms. The minimum absolute atomic E-state index is 0.0413. The molecule has 2 nitrogen and oxygen atoms in total. The fourth-order valence-corrected chi connectivity index (χ4v) is 3.80. The maximum atomic E-state index is 13.3. The standard InChI is InChI=1S/C15H18Cl2FNO/c16-12-7-10(8-13(17)14(12)18)19-9-11-3-6-15(20-11)4-1-2-5-15/h7-8,11,19H,1-6,9H2. The van der Waals surface area contributed by atoms with Crippen LogP contribution in [0.25, 0.3) is 0 Å². The summed E-state index contributed by atoms with van der Waals surface area (Å²) in [5, 5.41) is 3.32. The first kappa shape index (κ1) is 14.4. The van der Waals surface area contributed by atoms with E-state index in [9.17, 15) is 4.39 Å². The Hall–Kier alpha value is -0.510. The molecular formula is C15H18Cl2FNO. The molecule has 1 saturated heterocycles. The maximum absolute atomic E-state index is 13.3. The van der Waals surface area contributed by atoms with Gasteiger partial charge in [0.2, 0.25) is 0 Å². The van der Waals surface area contributed by atoms with Crippen LogP contribution in [0.15, 0.2) is 12.1 Å². The average Bonchev–Trinajstić information content (AvgIpc) is 3.04. The first-order valence-corrected chi connectivity index (χ1v) is 7.90. The monoisotopic (exact) mass is 317 g/mol. The molecule has 0 amide bonds. The molecule has 2 aliphatic rings. The lowest BCUT2D eigenvalue weighted by molar-refractivity contribution is -0.0307. The van der Waals surface area contributed by atoms with Gasteiger partial charge in [0.25, 0.3) is 0 Å². The van der Waals surface area contributed by atoms with Gasteiger partial charge in [0.15, 0.2) is 5.82 Å². The van der Waals surface area contributed by atoms with E-state index in [1.807, 2.05) is 0 Å². The first-order valence-electron chi connectivity index (χ1n) is 7.14. The van der Waals surface area contributed by atoms with E-state index in [-0.39, 0.29) is 21.8 Å². The van der Waals surface area contributed by atoms with Crippen LogP contribution in [-0.4, -0.2) is 18.2 Å². The molecule has 1 saturated carbocycles. The Morgan fingerprint density at radius 3 is 2.50 bits per heavy atom. The number of anilines is 1. The quantitative estimate of drug-likeness (QED) is 0.789. The molecule has 5 heteroatoms. The number of benzene rings is 1. The van der Waals surface area contributed by atoms with Crippen LogP contribution in [0.4, 0.5) is 10.1 Å². The molecule has 1 aromatic carbocycles. The Bertz CT molecular complexity index is 480. The second-order valence-electron chi connectivity index (χ2n) is 5.80. The van der Waals surface area contributed by atoms with Crippen molar-refractivity contribution in [3.8, 4) is 0 Å². The molecule has 1 N–H and O–H groups in total. The minimum atomic E-state index is -0.569. The molecular weight excluding hydrogens is 300 g/mol. The Balaban J connectivity index is 1.58. The van der Waals surface area contributed by atoms with Crippen molar-refractivity contribution in [2.24, 2.45) is 0 Å². The van der Waals surface area contributed by atoms with Crippen molar-refractivity contribution in [1.82, 2.24) is 0 Å². The molecule has 1 aliphatic heterocycles. The molecule has 1 spiro atoms. The summed E-state index contributed by atoms with van der Waals surface area (Å²) in [4.78, 5) is 0. The molecule has 1 aliphatic carbocycles. The van der Waals surface area contributed by atoms with Gasteiger partial charge in [-0.1, -0.05) is 36.0 Å². The molecule has 1 unspecified atom stereocenters. The number of rotatable bonds is 3. The fourth-order valence-electron chi connectivity index (χ4n) is 3.32. The zero-order valence-electron chi connectivity index (χ0n) is 11.2. The SMILES string of the molecule is Fc1c(Cl)cc(NCC2CCC3(CCCC3)O2)cc1Cl. The summed E-state index contributed by atoms with van der Waals surface area (Å²) < 4.78 is 19.5. The summed E-state index contributed by atoms with van der Waals surface area (Å²) >= 11 is 11.6. The molecule has 0 radical (unpaired) electrons. The minimum Gasteiger partial charge on any atom is -0.382 e. The summed E-state index contributed by atoms with van der Waals surface area (Å²) in [5.41, 5.74) is 0.877. The molecule has 3 rings (SSSR count). The normalized spacial score (nSPS) is 24.4. The van der Waals surface area contributed by atoms with Crippen LogP contribution in [0.3, 0.4) is 0 Å². The molecule has 1 aromatic rings. The Labute approximate surface area is 128 Å². The molecule has 1 atom stereocenters. The predicted molar refractivity (Wildman–Crippen MR) is 80.2 cm³/mol. The lowest BCUT2D eigenvalue weighted by Gasteiger charge is -2.24. The van der Waals surface area contributed by atoms with Gasteiger partial charge in [0.05, 0.1) is 21.8 Å². The van der Waals surface area contributed by atoms with Gasteiger partial charge in [0, 0.05) is 12.2 Å². The van der Waals surface area contributed by atoms with Gasteiger partial charge in [-0.3, -0.25) is 0 Å². The third-order valence-corrected chi connectivity index (χ3v) is 4.92. The smallest absolute Gasteiger partial charge is 0.160 e. The summed E-state index contributed by atoms with van der Waals surface area (Å²) in [6.07, 6.45) is 7.40. The number of hydrogen-bond donors (Lipinski definition) is 1. The van der Waals surface area contributed by atoms with Crippen molar-refractivity contribution >= 4 is 28.9 Å². The van der Waals surface area contributed by atoms with Crippen LogP contribution in [0.1, 0.15) is 38.5 Å². The topological polar surface area (TPSA) is 21.3 Å². The largest absolute Gasteiger partial charge is 0.382 e. The molecule has 0 aromatic heterocycles. The van der Waals surface area contributed by atoms with Gasteiger partial charge >= 0.3 is 0 Å². The van der Waals surface area contributed by atoms with E-state index in [0.717, 1.165) is 18.5 Å². The van der Waals surface area contributed by atoms with E-state index in [2.05, 4.69) is 5.32 Å². The number of halogens is 3. The molecule has 0 bridgehead atoms. The second-order valence-corrected chi connectivity index (χ2v) is 6.62. The zero-order chi connectivity index (χ0) is 14.2. The maximum Gasteiger partial charge on any atom is 0.160 e. The lowest BCUT2D eigenvalue weighted by Crippen LogP contribution is -2.27. The van der Waals surface area contributed by atoms with Crippen LogP contribution >= 0.6 is 23.2 Å². The van der Waals surface area contributed by atoms with Gasteiger partial charge in [0.1, 0.15) is 0 Å². The van der Waals surface area contributed by atoms with Gasteiger partial charge in [-0.15, -0.1) is 0 Å². The van der Waals surface area contributed by atoms with Crippen LogP contribution in [0.2, 0.25) is 10.0 Å². The van der Waals surface area contributed by atoms with Crippen LogP contribution < -0.4 is 5.32 Å². The highest BCUT2D eigenvalue weighted by Gasteiger charge is 2.41. The number of ether oxygens (including phenoxy) is 1. The van der Waals surface area contributed by atoms with Crippen molar-refractivity contribution in [3.63, 3.8) is 0 Å². The van der Waals surface area contributed by atoms with E-state index >= 15 is 0 Å². The Morgan fingerprint density at radius 2 is 1.85 bits per heavy atom. The highest BCUT2D eigenvalue weighted by molar-refractivity contribution is 6.35. The van der Waals surface area contributed by atoms with Gasteiger partial charge in [-0.2, -0.15) is 0 Å². The van der Waals surface area contributed by atoms with Crippen LogP contribution in [0.5, 0.6) is 0 Å². The van der Waals surface area contributed by atoms with Crippen molar-refractivity contribution in [2.45, 2.75) is 50.2 Å². The summed E-state index contributed by atoms with van der Waals surface area (Å²) in [5.74, 6) is -0.569. The van der Waals surface area contributed by atoms with E-state index in [1.54, 1.807) is 12.1 Å². The lowest BCUT2D eigenvalue weighted by atomic mass is 9.98. The highest BCUT2D eigenvalue weighted by Crippen LogP contribution is 2.43. The third-order valence-electron chi connectivity index (χ3n) is 4.37. The second kappa shape index (κ2) is 5.70.